The zero-order chi connectivity index (χ0) is 15.4. The van der Waals surface area contributed by atoms with E-state index in [0.717, 1.165) is 16.8 Å². The molecule has 0 unspecified atom stereocenters. The fraction of sp³-hybridized carbons (Fsp3) is 0.154. The number of benzene rings is 1. The molecule has 4 N–H and O–H groups in total. The average Bonchev–Trinajstić information content (AvgIpc) is 2.43. The first-order valence-electron chi connectivity index (χ1n) is 6.03. The number of anilines is 2. The van der Waals surface area contributed by atoms with Gasteiger partial charge in [-0.1, -0.05) is 0 Å². The molecule has 1 amide bonds. The number of aromatic amines is 1. The predicted molar refractivity (Wildman–Crippen MR) is 77.4 cm³/mol. The normalized spacial score (nSPS) is 10.1. The molecule has 8 heteroatoms. The Balaban J connectivity index is 2.19. The Morgan fingerprint density at radius 1 is 1.33 bits per heavy atom. The number of carbonyl (C=O) groups excluding carboxylic acids is 1. The van der Waals surface area contributed by atoms with E-state index < -0.39 is 17.0 Å². The number of nitrogens with one attached hydrogen (secondary N) is 2. The van der Waals surface area contributed by atoms with Gasteiger partial charge in [-0.15, -0.1) is 0 Å². The maximum absolute atomic E-state index is 11.9. The number of nitrogen functional groups attached to an aromatic ring is 1. The number of ether oxygens (including phenoxy) is 1. The van der Waals surface area contributed by atoms with Crippen molar-refractivity contribution in [1.82, 2.24) is 9.78 Å². The largest absolute Gasteiger partial charge is 0.495 e. The summed E-state index contributed by atoms with van der Waals surface area (Å²) in [5.41, 5.74) is 5.53. The number of hydrogen-bond donors (Lipinski definition) is 3. The summed E-state index contributed by atoms with van der Waals surface area (Å²) in [6.07, 6.45) is 0. The van der Waals surface area contributed by atoms with Gasteiger partial charge in [-0.05, 0) is 18.2 Å². The van der Waals surface area contributed by atoms with E-state index in [9.17, 15) is 14.4 Å². The molecule has 1 aromatic heterocycles. The van der Waals surface area contributed by atoms with Crippen molar-refractivity contribution in [3.8, 4) is 5.75 Å². The zero-order valence-electron chi connectivity index (χ0n) is 11.3. The molecule has 2 aromatic rings. The fourth-order valence-electron chi connectivity index (χ4n) is 1.74. The lowest BCUT2D eigenvalue weighted by atomic mass is 10.2. The van der Waals surface area contributed by atoms with Crippen molar-refractivity contribution >= 4 is 17.3 Å². The number of nitrogens with zero attached hydrogens (tertiary/aromatic N) is 1. The summed E-state index contributed by atoms with van der Waals surface area (Å²) in [7, 11) is 1.46. The van der Waals surface area contributed by atoms with Gasteiger partial charge < -0.3 is 15.8 Å². The van der Waals surface area contributed by atoms with Crippen LogP contribution in [-0.4, -0.2) is 22.8 Å². The highest BCUT2D eigenvalue weighted by molar-refractivity contribution is 5.92. The Bertz CT molecular complexity index is 778. The standard InChI is InChI=1S/C13H14N4O4/c1-21-10-3-2-8(14)6-9(10)15-12(19)7-17-13(20)5-4-11(18)16-17/h2-6H,7,14H2,1H3,(H,15,19)(H,16,18). The van der Waals surface area contributed by atoms with Crippen LogP contribution in [0.25, 0.3) is 0 Å². The Morgan fingerprint density at radius 2 is 2.10 bits per heavy atom. The van der Waals surface area contributed by atoms with Crippen molar-refractivity contribution in [2.75, 3.05) is 18.2 Å². The van der Waals surface area contributed by atoms with Gasteiger partial charge in [-0.2, -0.15) is 0 Å². The van der Waals surface area contributed by atoms with Gasteiger partial charge >= 0.3 is 0 Å². The minimum Gasteiger partial charge on any atom is -0.495 e. The first kappa shape index (κ1) is 14.4. The summed E-state index contributed by atoms with van der Waals surface area (Å²) in [4.78, 5) is 34.6. The van der Waals surface area contributed by atoms with E-state index in [1.165, 1.54) is 13.2 Å². The van der Waals surface area contributed by atoms with Crippen LogP contribution in [0.15, 0.2) is 39.9 Å². The second-order valence-corrected chi connectivity index (χ2v) is 4.24. The molecule has 8 nitrogen and oxygen atoms in total. The van der Waals surface area contributed by atoms with Crippen molar-refractivity contribution in [3.05, 3.63) is 51.0 Å². The quantitative estimate of drug-likeness (QED) is 0.672. The van der Waals surface area contributed by atoms with Crippen LogP contribution in [0.2, 0.25) is 0 Å². The third kappa shape index (κ3) is 3.50. The summed E-state index contributed by atoms with van der Waals surface area (Å²) < 4.78 is 6.01. The van der Waals surface area contributed by atoms with Crippen LogP contribution < -0.4 is 26.9 Å². The third-order valence-corrected chi connectivity index (χ3v) is 2.69. The number of nitrogens with two attached hydrogens (primary N) is 1. The summed E-state index contributed by atoms with van der Waals surface area (Å²) in [6.45, 7) is -0.327. The van der Waals surface area contributed by atoms with Gasteiger partial charge in [0, 0.05) is 17.8 Å². The highest BCUT2D eigenvalue weighted by Gasteiger charge is 2.09. The topological polar surface area (TPSA) is 119 Å². The van der Waals surface area contributed by atoms with E-state index in [1.54, 1.807) is 12.1 Å². The van der Waals surface area contributed by atoms with Crippen LogP contribution in [0.5, 0.6) is 5.75 Å². The number of hydrogen-bond acceptors (Lipinski definition) is 5. The first-order valence-corrected chi connectivity index (χ1v) is 6.03. The maximum Gasteiger partial charge on any atom is 0.265 e. The maximum atomic E-state index is 11.9. The van der Waals surface area contributed by atoms with Gasteiger partial charge in [0.15, 0.2) is 0 Å². The Labute approximate surface area is 119 Å². The summed E-state index contributed by atoms with van der Waals surface area (Å²) >= 11 is 0. The fourth-order valence-corrected chi connectivity index (χ4v) is 1.74. The SMILES string of the molecule is COc1ccc(N)cc1NC(=O)Cn1[nH]c(=O)ccc1=O. The summed E-state index contributed by atoms with van der Waals surface area (Å²) in [6, 6.07) is 6.97. The molecule has 0 spiro atoms. The number of H-pyrrole nitrogens is 1. The van der Waals surface area contributed by atoms with Crippen LogP contribution in [-0.2, 0) is 11.3 Å². The van der Waals surface area contributed by atoms with Crippen molar-refractivity contribution in [3.63, 3.8) is 0 Å². The number of carbonyl (C=O) groups is 1. The van der Waals surface area contributed by atoms with Crippen molar-refractivity contribution in [2.24, 2.45) is 0 Å². The Morgan fingerprint density at radius 3 is 2.81 bits per heavy atom. The zero-order valence-corrected chi connectivity index (χ0v) is 11.3. The van der Waals surface area contributed by atoms with Crippen molar-refractivity contribution < 1.29 is 9.53 Å². The monoisotopic (exact) mass is 290 g/mol. The molecule has 0 aliphatic heterocycles. The predicted octanol–water partition coefficient (Wildman–Crippen LogP) is -0.234. The molecular formula is C13H14N4O4. The molecule has 110 valence electrons. The molecular weight excluding hydrogens is 276 g/mol. The van der Waals surface area contributed by atoms with Gasteiger partial charge in [0.05, 0.1) is 12.8 Å². The highest BCUT2D eigenvalue weighted by atomic mass is 16.5. The number of methoxy groups -OCH3 is 1. The van der Waals surface area contributed by atoms with Gasteiger partial charge in [-0.25, -0.2) is 4.68 Å². The lowest BCUT2D eigenvalue weighted by Gasteiger charge is -2.11. The molecule has 0 atom stereocenters. The Hall–Kier alpha value is -3.03. The molecule has 0 bridgehead atoms. The molecule has 0 saturated heterocycles. The van der Waals surface area contributed by atoms with Crippen LogP contribution in [0.1, 0.15) is 0 Å². The van der Waals surface area contributed by atoms with E-state index in [1.807, 2.05) is 0 Å². The number of amides is 1. The highest BCUT2D eigenvalue weighted by Crippen LogP contribution is 2.26. The molecule has 1 heterocycles. The molecule has 1 aromatic carbocycles. The van der Waals surface area contributed by atoms with E-state index in [-0.39, 0.29) is 6.54 Å². The molecule has 0 aliphatic rings. The number of aromatic nitrogens is 2. The second kappa shape index (κ2) is 5.95. The molecule has 0 saturated carbocycles. The van der Waals surface area contributed by atoms with E-state index in [4.69, 9.17) is 10.5 Å². The average molecular weight is 290 g/mol. The molecule has 21 heavy (non-hydrogen) atoms. The third-order valence-electron chi connectivity index (χ3n) is 2.69. The van der Waals surface area contributed by atoms with Crippen LogP contribution in [0.3, 0.4) is 0 Å². The minimum atomic E-state index is -0.497. The van der Waals surface area contributed by atoms with Gasteiger partial charge in [0.2, 0.25) is 5.91 Å². The van der Waals surface area contributed by atoms with Crippen molar-refractivity contribution in [2.45, 2.75) is 6.54 Å². The number of rotatable bonds is 4. The smallest absolute Gasteiger partial charge is 0.265 e. The van der Waals surface area contributed by atoms with Crippen LogP contribution >= 0.6 is 0 Å². The summed E-state index contributed by atoms with van der Waals surface area (Å²) in [5.74, 6) is -0.0608. The molecule has 2 rings (SSSR count). The summed E-state index contributed by atoms with van der Waals surface area (Å²) in [5, 5.41) is 4.84. The van der Waals surface area contributed by atoms with E-state index in [0.29, 0.717) is 17.1 Å². The molecule has 0 aliphatic carbocycles. The van der Waals surface area contributed by atoms with E-state index in [2.05, 4.69) is 10.4 Å². The van der Waals surface area contributed by atoms with Crippen LogP contribution in [0.4, 0.5) is 11.4 Å². The first-order chi connectivity index (χ1) is 9.99. The van der Waals surface area contributed by atoms with Crippen LogP contribution in [0, 0.1) is 0 Å². The molecule has 0 fully saturated rings. The van der Waals surface area contributed by atoms with Gasteiger partial charge in [-0.3, -0.25) is 19.5 Å². The Kier molecular flexibility index (Phi) is 4.07. The molecule has 0 radical (unpaired) electrons. The lowest BCUT2D eigenvalue weighted by Crippen LogP contribution is -2.32. The van der Waals surface area contributed by atoms with Gasteiger partial charge in [0.25, 0.3) is 11.1 Å². The van der Waals surface area contributed by atoms with Crippen molar-refractivity contribution in [1.29, 1.82) is 0 Å². The lowest BCUT2D eigenvalue weighted by molar-refractivity contribution is -0.117. The van der Waals surface area contributed by atoms with E-state index >= 15 is 0 Å². The minimum absolute atomic E-state index is 0.327. The second-order valence-electron chi connectivity index (χ2n) is 4.24. The van der Waals surface area contributed by atoms with Gasteiger partial charge in [0.1, 0.15) is 12.3 Å².